The van der Waals surface area contributed by atoms with Gasteiger partial charge in [0.25, 0.3) is 0 Å². The number of aliphatic hydroxyl groups excluding tert-OH is 1. The number of carboxylic acid groups (broad SMARTS) is 4. The molecule has 11 atom stereocenters. The Hall–Kier alpha value is -2.47. The van der Waals surface area contributed by atoms with Gasteiger partial charge in [0.05, 0.1) is 29.4 Å². The summed E-state index contributed by atoms with van der Waals surface area (Å²) >= 11 is 0. The predicted molar refractivity (Wildman–Crippen MR) is 240 cm³/mol. The first-order valence-electron chi connectivity index (χ1n) is 24.4. The number of aliphatic hydroxyl groups is 1. The Labute approximate surface area is 400 Å². The van der Waals surface area contributed by atoms with E-state index in [-0.39, 0.29) is 118 Å². The molecule has 65 heavy (non-hydrogen) atoms. The molecule has 3 unspecified atom stereocenters. The van der Waals surface area contributed by atoms with Crippen LogP contribution >= 0.6 is 0 Å². The molecule has 0 aromatic heterocycles. The standard InChI is InChI=1S/C49H81N5O10.Ga/c1-32-12-17-49(19-18-47(6)34(42(49)33(32)2)10-11-37-46(5)15-14-38(55)45(3,4)36(46)13-16-48(37,47)7)44(64)50-20-8-9-35(43(62)63)54-27-25-52(30-40(58)59)23-21-51(29-39(56)57)22-24-53(26-28-54)31-41(60)61;/h10,32-33,35-38,42,55H,8-9,11-31H2,1-7H3,(H,50,64)(H,56,57)(H,58,59)(H,60,61)(H,62,63);/q;+3/p-3/t32-,33-,35?,36?,37?,38-,42-,46-,47-,48+,49-;/m1./s1. The molecule has 0 aromatic rings. The van der Waals surface area contributed by atoms with Crippen LogP contribution in [0.1, 0.15) is 119 Å². The van der Waals surface area contributed by atoms with Crippen LogP contribution in [0.2, 0.25) is 0 Å². The van der Waals surface area contributed by atoms with Gasteiger partial charge in [0, 0.05) is 78.5 Å². The number of fused-ring (bicyclic) bond motifs is 7. The third kappa shape index (κ3) is 10.6. The number of carboxylic acids is 4. The van der Waals surface area contributed by atoms with Crippen LogP contribution in [0, 0.1) is 56.7 Å². The first-order valence-corrected chi connectivity index (χ1v) is 24.4. The van der Waals surface area contributed by atoms with Gasteiger partial charge in [-0.15, -0.1) is 0 Å². The fourth-order valence-corrected chi connectivity index (χ4v) is 14.9. The number of hydrogen-bond acceptors (Lipinski definition) is 13. The Balaban J connectivity index is 0.00000793. The van der Waals surface area contributed by atoms with Gasteiger partial charge in [0.2, 0.25) is 5.91 Å². The zero-order valence-corrected chi connectivity index (χ0v) is 42.8. The van der Waals surface area contributed by atoms with E-state index in [0.717, 1.165) is 57.8 Å². The van der Waals surface area contributed by atoms with Crippen LogP contribution < -0.4 is 20.6 Å². The minimum Gasteiger partial charge on any atom is -0.549 e. The van der Waals surface area contributed by atoms with Gasteiger partial charge >= 0.3 is 25.8 Å². The van der Waals surface area contributed by atoms with Crippen molar-refractivity contribution in [3.05, 3.63) is 11.6 Å². The minimum absolute atomic E-state index is 0. The molecule has 1 aliphatic heterocycles. The van der Waals surface area contributed by atoms with Gasteiger partial charge in [-0.3, -0.25) is 29.2 Å². The third-order valence-electron chi connectivity index (χ3n) is 19.0. The van der Waals surface area contributed by atoms with E-state index in [1.54, 1.807) is 19.6 Å². The van der Waals surface area contributed by atoms with Gasteiger partial charge < -0.3 is 45.2 Å². The van der Waals surface area contributed by atoms with Gasteiger partial charge in [-0.2, -0.15) is 0 Å². The van der Waals surface area contributed by atoms with Crippen molar-refractivity contribution in [2.45, 2.75) is 131 Å². The smallest absolute Gasteiger partial charge is 0.549 e. The molecule has 4 saturated carbocycles. The van der Waals surface area contributed by atoms with E-state index in [9.17, 15) is 49.5 Å². The largest absolute Gasteiger partial charge is 3.00 e. The van der Waals surface area contributed by atoms with Crippen molar-refractivity contribution < 1.29 is 49.5 Å². The molecule has 3 N–H and O–H groups in total. The summed E-state index contributed by atoms with van der Waals surface area (Å²) < 4.78 is 0. The van der Waals surface area contributed by atoms with Crippen molar-refractivity contribution in [2.24, 2.45) is 56.7 Å². The van der Waals surface area contributed by atoms with Crippen LogP contribution in [-0.4, -0.2) is 170 Å². The number of aliphatic carboxylic acids is 4. The summed E-state index contributed by atoms with van der Waals surface area (Å²) in [6.07, 6.45) is 11.5. The summed E-state index contributed by atoms with van der Waals surface area (Å²) in [6, 6.07) is -0.989. The third-order valence-corrected chi connectivity index (χ3v) is 19.0. The summed E-state index contributed by atoms with van der Waals surface area (Å²) in [7, 11) is 0. The fourth-order valence-electron chi connectivity index (χ4n) is 14.9. The quantitative estimate of drug-likeness (QED) is 0.130. The molecule has 0 radical (unpaired) electrons. The summed E-state index contributed by atoms with van der Waals surface area (Å²) in [5.74, 6) is -3.09. The average Bonchev–Trinajstić information content (AvgIpc) is 3.20. The monoisotopic (exact) mass is 966 g/mol. The van der Waals surface area contributed by atoms with E-state index in [1.807, 2.05) is 0 Å². The number of allylic oxidation sites excluding steroid dienone is 2. The van der Waals surface area contributed by atoms with Gasteiger partial charge in [0.15, 0.2) is 0 Å². The van der Waals surface area contributed by atoms with Crippen LogP contribution in [0.25, 0.3) is 0 Å². The molecule has 0 aromatic carbocycles. The predicted octanol–water partition coefficient (Wildman–Crippen LogP) is 0.445. The molecule has 6 aliphatic rings. The molecular weight excluding hydrogens is 888 g/mol. The molecule has 16 heteroatoms. The molecule has 5 aliphatic carbocycles. The SMILES string of the molecule is C[C@@H]1[C@H](C)CC[C@@]2(C(=O)NCCCC(C(=O)O)N3CCN(CC(=O)[O-])CCN(CC(=O)[O-])CCN(CC(=O)[O-])CC3)CC[C@]3(C)C(=CCC4[C@]5(C)CC[C@@H](O)C(C)(C)C5CC[C@@]43C)[C@@H]12.[Ga+3]. The summed E-state index contributed by atoms with van der Waals surface area (Å²) in [5, 5.41) is 59.9. The zero-order chi connectivity index (χ0) is 47.0. The van der Waals surface area contributed by atoms with Gasteiger partial charge in [-0.1, -0.05) is 60.1 Å². The topological polar surface area (TPSA) is 220 Å². The molecule has 6 rings (SSSR count). The first-order chi connectivity index (χ1) is 30.0. The number of nitrogens with zero attached hydrogens (tertiary/aromatic N) is 4. The van der Waals surface area contributed by atoms with Crippen molar-refractivity contribution in [3.8, 4) is 0 Å². The Morgan fingerprint density at radius 1 is 0.738 bits per heavy atom. The molecule has 5 fully saturated rings. The Kier molecular flexibility index (Phi) is 17.3. The van der Waals surface area contributed by atoms with Gasteiger partial charge in [0.1, 0.15) is 6.04 Å². The molecule has 1 heterocycles. The molecular formula is C49H78GaN5O10. The van der Waals surface area contributed by atoms with E-state index in [0.29, 0.717) is 36.6 Å². The van der Waals surface area contributed by atoms with Crippen molar-refractivity contribution >= 4 is 49.6 Å². The summed E-state index contributed by atoms with van der Waals surface area (Å²) in [5.41, 5.74) is 0.948. The van der Waals surface area contributed by atoms with Crippen LogP contribution in [0.3, 0.4) is 0 Å². The van der Waals surface area contributed by atoms with E-state index in [1.165, 1.54) is 5.57 Å². The maximum atomic E-state index is 14.9. The van der Waals surface area contributed by atoms with Crippen LogP contribution in [0.5, 0.6) is 0 Å². The Bertz CT molecular complexity index is 1750. The number of carbonyl (C=O) groups is 5. The maximum absolute atomic E-state index is 14.9. The van der Waals surface area contributed by atoms with E-state index < -0.39 is 55.0 Å². The zero-order valence-electron chi connectivity index (χ0n) is 40.4. The second-order valence-corrected chi connectivity index (χ2v) is 22.4. The van der Waals surface area contributed by atoms with Crippen LogP contribution in [0.15, 0.2) is 11.6 Å². The van der Waals surface area contributed by atoms with Crippen LogP contribution in [-0.2, 0) is 24.0 Å². The second-order valence-electron chi connectivity index (χ2n) is 22.4. The fraction of sp³-hybridized carbons (Fsp3) is 0.857. The normalized spacial score (nSPS) is 37.8. The van der Waals surface area contributed by atoms with Crippen molar-refractivity contribution in [1.82, 2.24) is 24.9 Å². The Morgan fingerprint density at radius 3 is 1.80 bits per heavy atom. The van der Waals surface area contributed by atoms with E-state index in [2.05, 4.69) is 59.9 Å². The summed E-state index contributed by atoms with van der Waals surface area (Å²) in [4.78, 5) is 69.1. The molecule has 1 saturated heterocycles. The van der Waals surface area contributed by atoms with E-state index >= 15 is 0 Å². The van der Waals surface area contributed by atoms with Gasteiger partial charge in [-0.25, -0.2) is 0 Å². The molecule has 0 spiro atoms. The first kappa shape index (κ1) is 53.5. The number of rotatable bonds is 13. The maximum Gasteiger partial charge on any atom is 3.00 e. The van der Waals surface area contributed by atoms with Crippen molar-refractivity contribution in [2.75, 3.05) is 78.5 Å². The van der Waals surface area contributed by atoms with Gasteiger partial charge in [-0.05, 0) is 122 Å². The summed E-state index contributed by atoms with van der Waals surface area (Å²) in [6.45, 7) is 17.2. The number of hydrogen-bond donors (Lipinski definition) is 3. The van der Waals surface area contributed by atoms with Crippen LogP contribution in [0.4, 0.5) is 0 Å². The average molecular weight is 967 g/mol. The second kappa shape index (κ2) is 21.0. The number of amides is 1. The molecule has 1 amide bonds. The number of carbonyl (C=O) groups excluding carboxylic acids is 4. The molecule has 15 nitrogen and oxygen atoms in total. The molecule has 0 bridgehead atoms. The minimum atomic E-state index is -1.31. The number of nitrogens with one attached hydrogen (secondary N) is 1. The van der Waals surface area contributed by atoms with E-state index in [4.69, 9.17) is 0 Å². The molecule has 362 valence electrons. The van der Waals surface area contributed by atoms with Crippen molar-refractivity contribution in [1.29, 1.82) is 0 Å². The van der Waals surface area contributed by atoms with Crippen molar-refractivity contribution in [3.63, 3.8) is 0 Å². The Morgan fingerprint density at radius 2 is 1.28 bits per heavy atom.